The lowest BCUT2D eigenvalue weighted by Crippen LogP contribution is -2.53. The average Bonchev–Trinajstić information content (AvgIpc) is 2.86. The van der Waals surface area contributed by atoms with Crippen LogP contribution < -0.4 is 9.62 Å². The molecule has 0 saturated carbocycles. The van der Waals surface area contributed by atoms with Gasteiger partial charge in [0.2, 0.25) is 21.8 Å². The Hall–Kier alpha value is -3.43. The van der Waals surface area contributed by atoms with Crippen molar-refractivity contribution in [1.82, 2.24) is 10.2 Å². The van der Waals surface area contributed by atoms with E-state index in [1.54, 1.807) is 6.92 Å². The van der Waals surface area contributed by atoms with Gasteiger partial charge in [-0.2, -0.15) is 0 Å². The molecule has 1 N–H and O–H groups in total. The van der Waals surface area contributed by atoms with Gasteiger partial charge in [0.25, 0.3) is 0 Å². The van der Waals surface area contributed by atoms with E-state index in [0.29, 0.717) is 17.1 Å². The first-order valence-electron chi connectivity index (χ1n) is 11.7. The molecule has 2 amide bonds. The van der Waals surface area contributed by atoms with Gasteiger partial charge in [0.05, 0.1) is 11.9 Å². The minimum Gasteiger partial charge on any atom is -0.355 e. The number of hydrogen-bond donors (Lipinski definition) is 1. The van der Waals surface area contributed by atoms with Crippen LogP contribution in [-0.4, -0.2) is 50.5 Å². The molecule has 3 rings (SSSR count). The zero-order chi connectivity index (χ0) is 27.0. The highest BCUT2D eigenvalue weighted by Crippen LogP contribution is 2.22. The molecule has 10 heteroatoms. The Morgan fingerprint density at radius 3 is 2.14 bits per heavy atom. The van der Waals surface area contributed by atoms with Gasteiger partial charge in [-0.15, -0.1) is 0 Å². The minimum absolute atomic E-state index is 0.0219. The van der Waals surface area contributed by atoms with Crippen LogP contribution in [0, 0.1) is 5.82 Å². The number of amides is 2. The van der Waals surface area contributed by atoms with Crippen molar-refractivity contribution in [2.24, 2.45) is 0 Å². The molecule has 3 aromatic carbocycles. The predicted molar refractivity (Wildman–Crippen MR) is 143 cm³/mol. The molecule has 0 heterocycles. The first-order valence-corrected chi connectivity index (χ1v) is 13.9. The Morgan fingerprint density at radius 2 is 1.57 bits per heavy atom. The number of anilines is 1. The van der Waals surface area contributed by atoms with Crippen molar-refractivity contribution in [1.29, 1.82) is 0 Å². The maximum absolute atomic E-state index is 13.8. The van der Waals surface area contributed by atoms with E-state index in [4.69, 9.17) is 11.6 Å². The van der Waals surface area contributed by atoms with Crippen LogP contribution in [0.2, 0.25) is 5.02 Å². The van der Waals surface area contributed by atoms with Crippen LogP contribution in [0.15, 0.2) is 78.9 Å². The molecule has 3 aromatic rings. The molecular formula is C27H29ClFN3O4S. The summed E-state index contributed by atoms with van der Waals surface area (Å²) < 4.78 is 39.9. The molecule has 1 atom stereocenters. The van der Waals surface area contributed by atoms with E-state index in [1.165, 1.54) is 53.4 Å². The van der Waals surface area contributed by atoms with E-state index in [0.717, 1.165) is 16.1 Å². The lowest BCUT2D eigenvalue weighted by atomic mass is 10.0. The molecule has 0 aliphatic carbocycles. The van der Waals surface area contributed by atoms with Crippen LogP contribution in [0.25, 0.3) is 0 Å². The molecule has 0 aromatic heterocycles. The first-order chi connectivity index (χ1) is 17.6. The smallest absolute Gasteiger partial charge is 0.244 e. The van der Waals surface area contributed by atoms with Crippen molar-refractivity contribution in [3.05, 3.63) is 101 Å². The average molecular weight is 546 g/mol. The molecule has 0 aliphatic rings. The van der Waals surface area contributed by atoms with Crippen LogP contribution in [-0.2, 0) is 32.6 Å². The molecule has 7 nitrogen and oxygen atoms in total. The maximum atomic E-state index is 13.8. The van der Waals surface area contributed by atoms with Gasteiger partial charge in [0, 0.05) is 24.5 Å². The summed E-state index contributed by atoms with van der Waals surface area (Å²) in [6, 6.07) is 20.0. The highest BCUT2D eigenvalue weighted by molar-refractivity contribution is 7.92. The van der Waals surface area contributed by atoms with Crippen molar-refractivity contribution < 1.29 is 22.4 Å². The van der Waals surface area contributed by atoms with Gasteiger partial charge < -0.3 is 10.2 Å². The van der Waals surface area contributed by atoms with Crippen LogP contribution in [0.3, 0.4) is 0 Å². The third-order valence-electron chi connectivity index (χ3n) is 5.68. The van der Waals surface area contributed by atoms with Crippen molar-refractivity contribution >= 4 is 39.1 Å². The summed E-state index contributed by atoms with van der Waals surface area (Å²) in [5.74, 6) is -1.40. The first kappa shape index (κ1) is 28.1. The fourth-order valence-corrected chi connectivity index (χ4v) is 4.83. The van der Waals surface area contributed by atoms with Crippen LogP contribution in [0.4, 0.5) is 10.1 Å². The monoisotopic (exact) mass is 545 g/mol. The summed E-state index contributed by atoms with van der Waals surface area (Å²) in [6.07, 6.45) is 1.21. The number of hydrogen-bond acceptors (Lipinski definition) is 4. The standard InChI is InChI=1S/C27H29ClFN3O4S/c1-3-30-27(34)25(17-20-7-5-4-6-8-20)31(18-21-9-13-23(29)14-10-21)26(33)19-32(37(2,35)36)24-15-11-22(28)12-16-24/h4-16,25H,3,17-19H2,1-2H3,(H,30,34). The number of nitrogens with one attached hydrogen (secondary N) is 1. The molecule has 1 unspecified atom stereocenters. The van der Waals surface area contributed by atoms with E-state index in [2.05, 4.69) is 5.32 Å². The Bertz CT molecular complexity index is 1300. The summed E-state index contributed by atoms with van der Waals surface area (Å²) in [4.78, 5) is 28.4. The highest BCUT2D eigenvalue weighted by Gasteiger charge is 2.32. The summed E-state index contributed by atoms with van der Waals surface area (Å²) in [7, 11) is -3.86. The lowest BCUT2D eigenvalue weighted by molar-refractivity contribution is -0.140. The molecular weight excluding hydrogens is 517 g/mol. The largest absolute Gasteiger partial charge is 0.355 e. The van der Waals surface area contributed by atoms with E-state index in [9.17, 15) is 22.4 Å². The molecule has 37 heavy (non-hydrogen) atoms. The number of likely N-dealkylation sites (N-methyl/N-ethyl adjacent to an activating group) is 1. The molecule has 0 fully saturated rings. The fourth-order valence-electron chi connectivity index (χ4n) is 3.85. The van der Waals surface area contributed by atoms with E-state index in [1.807, 2.05) is 30.3 Å². The van der Waals surface area contributed by atoms with Crippen LogP contribution >= 0.6 is 11.6 Å². The van der Waals surface area contributed by atoms with Crippen molar-refractivity contribution in [3.8, 4) is 0 Å². The number of halogens is 2. The van der Waals surface area contributed by atoms with Gasteiger partial charge in [-0.1, -0.05) is 54.1 Å². The molecule has 0 radical (unpaired) electrons. The molecule has 0 saturated heterocycles. The van der Waals surface area contributed by atoms with Gasteiger partial charge in [-0.3, -0.25) is 13.9 Å². The van der Waals surface area contributed by atoms with Gasteiger partial charge in [-0.05, 0) is 54.4 Å². The maximum Gasteiger partial charge on any atom is 0.244 e. The van der Waals surface area contributed by atoms with Crippen LogP contribution in [0.5, 0.6) is 0 Å². The lowest BCUT2D eigenvalue weighted by Gasteiger charge is -2.33. The third kappa shape index (κ3) is 8.03. The molecule has 196 valence electrons. The summed E-state index contributed by atoms with van der Waals surface area (Å²) >= 11 is 5.96. The third-order valence-corrected chi connectivity index (χ3v) is 7.07. The SMILES string of the molecule is CCNC(=O)C(Cc1ccccc1)N(Cc1ccc(F)cc1)C(=O)CN(c1ccc(Cl)cc1)S(C)(=O)=O. The normalized spacial score (nSPS) is 12.0. The Morgan fingerprint density at radius 1 is 0.946 bits per heavy atom. The van der Waals surface area contributed by atoms with E-state index < -0.39 is 34.3 Å². The number of benzene rings is 3. The predicted octanol–water partition coefficient (Wildman–Crippen LogP) is 4.02. The molecule has 0 spiro atoms. The van der Waals surface area contributed by atoms with Gasteiger partial charge in [0.15, 0.2) is 0 Å². The quantitative estimate of drug-likeness (QED) is 0.394. The second-order valence-corrected chi connectivity index (χ2v) is 10.8. The van der Waals surface area contributed by atoms with Crippen molar-refractivity contribution in [2.45, 2.75) is 25.9 Å². The van der Waals surface area contributed by atoms with Crippen LogP contribution in [0.1, 0.15) is 18.1 Å². The molecule has 0 bridgehead atoms. The summed E-state index contributed by atoms with van der Waals surface area (Å²) in [5.41, 5.74) is 1.68. The van der Waals surface area contributed by atoms with Crippen molar-refractivity contribution in [3.63, 3.8) is 0 Å². The Balaban J connectivity index is 2.02. The zero-order valence-corrected chi connectivity index (χ0v) is 22.2. The fraction of sp³-hybridized carbons (Fsp3) is 0.259. The van der Waals surface area contributed by atoms with Gasteiger partial charge in [0.1, 0.15) is 18.4 Å². The number of nitrogens with zero attached hydrogens (tertiary/aromatic N) is 2. The number of rotatable bonds is 11. The van der Waals surface area contributed by atoms with Gasteiger partial charge in [-0.25, -0.2) is 12.8 Å². The Kier molecular flexibility index (Phi) is 9.66. The van der Waals surface area contributed by atoms with E-state index >= 15 is 0 Å². The zero-order valence-electron chi connectivity index (χ0n) is 20.6. The van der Waals surface area contributed by atoms with Crippen molar-refractivity contribution in [2.75, 3.05) is 23.7 Å². The number of carbonyl (C=O) groups is 2. The highest BCUT2D eigenvalue weighted by atomic mass is 35.5. The second kappa shape index (κ2) is 12.7. The van der Waals surface area contributed by atoms with E-state index in [-0.39, 0.29) is 24.6 Å². The summed E-state index contributed by atoms with van der Waals surface area (Å²) in [5, 5.41) is 3.20. The number of carbonyl (C=O) groups excluding carboxylic acids is 2. The number of sulfonamides is 1. The minimum atomic E-state index is -3.86. The second-order valence-electron chi connectivity index (χ2n) is 8.49. The molecule has 0 aliphatic heterocycles. The Labute approximate surface area is 221 Å². The topological polar surface area (TPSA) is 86.8 Å². The summed E-state index contributed by atoms with van der Waals surface area (Å²) in [6.45, 7) is 1.57. The van der Waals surface area contributed by atoms with Gasteiger partial charge >= 0.3 is 0 Å².